The van der Waals surface area contributed by atoms with E-state index >= 15 is 0 Å². The number of hydrogen-bond acceptors (Lipinski definition) is 26. The summed E-state index contributed by atoms with van der Waals surface area (Å²) in [5.74, 6) is -1.08. The van der Waals surface area contributed by atoms with E-state index in [9.17, 15) is 78.7 Å². The van der Waals surface area contributed by atoms with Crippen LogP contribution in [0.1, 0.15) is 106 Å². The van der Waals surface area contributed by atoms with Gasteiger partial charge >= 0.3 is 22.3 Å². The summed E-state index contributed by atoms with van der Waals surface area (Å²) in [6.45, 7) is 14.6. The van der Waals surface area contributed by atoms with Gasteiger partial charge in [0.05, 0.1) is 43.9 Å². The molecule has 9 rings (SSSR count). The van der Waals surface area contributed by atoms with Gasteiger partial charge in [-0.25, -0.2) is 4.18 Å². The van der Waals surface area contributed by atoms with Crippen LogP contribution in [0.5, 0.6) is 0 Å². The van der Waals surface area contributed by atoms with Crippen molar-refractivity contribution >= 4 is 22.3 Å². The standard InChI is InChI=1S/C55H86O27S/c1-23(2)10-9-15-54(8,82-24(3)58)45-27-18-53(7)26-11-12-32-51(4,5)33(14-16-52(32,6)25(26)13-17-55(45,53)50(68)78-27)79-49-44(36(61)30(21-72-49)76-46-40(65)38(63)35(60)31(77-46)22-73-83(69,70)71)81-48-42(67)39(64)43(29(20-57)75-48)80-47-41(66)37(62)34(59)28(19-56)74-47/h11,25,27-49,56-57,59-67H,1,9-10,12-22H2,2-8H3,(H,69,70,71)/t25-,27-,28+,29+,30+,31+,32-,33-,34+,35+,36-,37-,38-,39+,40+,41+,42+,43+,44+,45+,46+,47-,48-,49-,52+,53-,54-,55+/m0/s1. The molecule has 5 saturated heterocycles. The molecule has 2 bridgehead atoms. The second-order valence-electron chi connectivity index (χ2n) is 25.9. The Balaban J connectivity index is 0.970. The van der Waals surface area contributed by atoms with Crippen molar-refractivity contribution in [1.29, 1.82) is 0 Å². The molecule has 3 saturated carbocycles. The fourth-order valence-electron chi connectivity index (χ4n) is 16.3. The summed E-state index contributed by atoms with van der Waals surface area (Å²) in [5, 5.41) is 120. The van der Waals surface area contributed by atoms with Gasteiger partial charge in [0, 0.05) is 12.3 Å². The molecule has 27 nitrogen and oxygen atoms in total. The zero-order chi connectivity index (χ0) is 60.8. The molecule has 8 fully saturated rings. The van der Waals surface area contributed by atoms with Crippen molar-refractivity contribution in [3.05, 3.63) is 23.8 Å². The van der Waals surface area contributed by atoms with E-state index in [2.05, 4.69) is 44.5 Å². The van der Waals surface area contributed by atoms with E-state index in [-0.39, 0.29) is 29.1 Å². The maximum Gasteiger partial charge on any atom is 0.397 e. The highest BCUT2D eigenvalue weighted by Gasteiger charge is 2.79. The minimum absolute atomic E-state index is 0.0376. The van der Waals surface area contributed by atoms with E-state index in [4.69, 9.17) is 47.4 Å². The van der Waals surface area contributed by atoms with Crippen LogP contribution >= 0.6 is 0 Å². The van der Waals surface area contributed by atoms with Gasteiger partial charge in [0.2, 0.25) is 0 Å². The molecule has 28 atom stereocenters. The fourth-order valence-corrected chi connectivity index (χ4v) is 16.7. The Hall–Kier alpha value is -2.47. The Morgan fingerprint density at radius 2 is 1.34 bits per heavy atom. The van der Waals surface area contributed by atoms with E-state index in [1.807, 2.05) is 13.8 Å². The van der Waals surface area contributed by atoms with Gasteiger partial charge in [-0.15, -0.1) is 6.58 Å². The number of esters is 2. The molecule has 0 amide bonds. The summed E-state index contributed by atoms with van der Waals surface area (Å²) >= 11 is 0. The van der Waals surface area contributed by atoms with Crippen molar-refractivity contribution in [3.8, 4) is 0 Å². The minimum atomic E-state index is -5.07. The predicted molar refractivity (Wildman–Crippen MR) is 278 cm³/mol. The van der Waals surface area contributed by atoms with Gasteiger partial charge in [-0.05, 0) is 94.3 Å². The monoisotopic (exact) mass is 1210 g/mol. The van der Waals surface area contributed by atoms with Crippen LogP contribution in [0, 0.1) is 39.4 Å². The minimum Gasteiger partial charge on any atom is -0.461 e. The molecular weight excluding hydrogens is 1120 g/mol. The number of rotatable bonds is 19. The first kappa shape index (κ1) is 65.0. The van der Waals surface area contributed by atoms with Crippen LogP contribution in [0.25, 0.3) is 0 Å². The zero-order valence-electron chi connectivity index (χ0n) is 47.7. The van der Waals surface area contributed by atoms with Gasteiger partial charge in [-0.1, -0.05) is 44.9 Å². The number of carbonyl (C=O) groups excluding carboxylic acids is 2. The molecule has 5 aliphatic heterocycles. The molecule has 28 heteroatoms. The smallest absolute Gasteiger partial charge is 0.397 e. The van der Waals surface area contributed by atoms with E-state index in [1.54, 1.807) is 0 Å². The topological polar surface area (TPSA) is 413 Å². The van der Waals surface area contributed by atoms with Gasteiger partial charge in [0.15, 0.2) is 25.2 Å². The van der Waals surface area contributed by atoms with Crippen LogP contribution < -0.4 is 0 Å². The molecule has 0 aromatic heterocycles. The van der Waals surface area contributed by atoms with Crippen LogP contribution in [-0.4, -0.2) is 242 Å². The van der Waals surface area contributed by atoms with Crippen molar-refractivity contribution < 1.29 is 130 Å². The lowest BCUT2D eigenvalue weighted by molar-refractivity contribution is -0.391. The predicted octanol–water partition coefficient (Wildman–Crippen LogP) is -1.70. The molecule has 0 unspecified atom stereocenters. The normalized spacial score (nSPS) is 48.4. The second-order valence-corrected chi connectivity index (χ2v) is 27.0. The number of hydrogen-bond donors (Lipinski definition) is 12. The van der Waals surface area contributed by atoms with E-state index in [0.29, 0.717) is 51.4 Å². The highest BCUT2D eigenvalue weighted by Crippen LogP contribution is 2.77. The van der Waals surface area contributed by atoms with Crippen molar-refractivity contribution in [2.24, 2.45) is 39.4 Å². The molecule has 12 N–H and O–H groups in total. The summed E-state index contributed by atoms with van der Waals surface area (Å²) in [7, 11) is -5.07. The Morgan fingerprint density at radius 1 is 0.747 bits per heavy atom. The van der Waals surface area contributed by atoms with Crippen LogP contribution in [-0.2, 0) is 71.5 Å². The number of aliphatic hydroxyl groups excluding tert-OH is 11. The molecule has 0 aromatic rings. The van der Waals surface area contributed by atoms with Crippen molar-refractivity contribution in [2.45, 2.75) is 241 Å². The first-order valence-electron chi connectivity index (χ1n) is 28.7. The van der Waals surface area contributed by atoms with Gasteiger partial charge in [0.1, 0.15) is 103 Å². The van der Waals surface area contributed by atoms with Crippen LogP contribution in [0.3, 0.4) is 0 Å². The van der Waals surface area contributed by atoms with Crippen molar-refractivity contribution in [1.82, 2.24) is 0 Å². The molecule has 1 spiro atoms. The average molecular weight is 1210 g/mol. The number of ether oxygens (including phenoxy) is 10. The number of fused-ring (bicyclic) bond motifs is 5. The van der Waals surface area contributed by atoms with Crippen LogP contribution in [0.4, 0.5) is 0 Å². The Bertz CT molecular complexity index is 2500. The quantitative estimate of drug-likeness (QED) is 0.0390. The third-order valence-electron chi connectivity index (χ3n) is 20.4. The average Bonchev–Trinajstić information content (AvgIpc) is 1.56. The van der Waals surface area contributed by atoms with Crippen molar-refractivity contribution in [3.63, 3.8) is 0 Å². The lowest BCUT2D eigenvalue weighted by Crippen LogP contribution is -2.67. The van der Waals surface area contributed by atoms with E-state index in [0.717, 1.165) is 12.0 Å². The highest BCUT2D eigenvalue weighted by atomic mass is 32.3. The number of allylic oxidation sites excluding steroid dienone is 3. The maximum absolute atomic E-state index is 14.5. The van der Waals surface area contributed by atoms with Gasteiger partial charge in [-0.2, -0.15) is 8.42 Å². The number of aliphatic hydroxyl groups is 11. The summed E-state index contributed by atoms with van der Waals surface area (Å²) in [5.41, 5.74) is -1.33. The molecule has 4 aliphatic carbocycles. The molecular formula is C55H86O27S. The van der Waals surface area contributed by atoms with Crippen LogP contribution in [0.2, 0.25) is 0 Å². The molecule has 9 aliphatic rings. The summed E-state index contributed by atoms with van der Waals surface area (Å²) in [6.07, 6.45) is -28.2. The summed E-state index contributed by atoms with van der Waals surface area (Å²) in [4.78, 5) is 27.3. The number of carbonyl (C=O) groups is 2. The third kappa shape index (κ3) is 11.5. The largest absolute Gasteiger partial charge is 0.461 e. The summed E-state index contributed by atoms with van der Waals surface area (Å²) < 4.78 is 96.9. The zero-order valence-corrected chi connectivity index (χ0v) is 48.5. The molecule has 474 valence electrons. The van der Waals surface area contributed by atoms with E-state index < -0.39 is 194 Å². The molecule has 5 heterocycles. The van der Waals surface area contributed by atoms with Crippen molar-refractivity contribution in [2.75, 3.05) is 26.4 Å². The Kier molecular flexibility index (Phi) is 18.9. The SMILES string of the molecule is C=C(C)CCC[C@](C)(OC(C)=O)[C@H]1[C@@H]2C[C@@]3(C)C4=CC[C@H]5C(C)(C)[C@@H](O[C@@H]6OC[C@@H](O[C@@H]7O[C@H](COS(=O)(=O)O)[C@@H](O)[C@H](O)[C@H]7O)[C@H](O)[C@H]6O[C@@H]6O[C@H](CO)[C@@H](O[C@@H]7O[C@H](CO)[C@@H](O)[C@H](O)[C@H]7O)[C@H](O)[C@H]6O)CC[C@]5(C)[C@H]4CC[C@]13C(=O)O2. The molecule has 0 aromatic carbocycles. The lowest BCUT2D eigenvalue weighted by Gasteiger charge is -2.64. The second kappa shape index (κ2) is 24.1. The van der Waals surface area contributed by atoms with Gasteiger partial charge in [-0.3, -0.25) is 14.1 Å². The van der Waals surface area contributed by atoms with Crippen LogP contribution in [0.15, 0.2) is 23.8 Å². The van der Waals surface area contributed by atoms with Gasteiger partial charge in [0.25, 0.3) is 0 Å². The molecule has 83 heavy (non-hydrogen) atoms. The lowest BCUT2D eigenvalue weighted by atomic mass is 9.40. The Morgan fingerprint density at radius 3 is 1.95 bits per heavy atom. The maximum atomic E-state index is 14.5. The summed E-state index contributed by atoms with van der Waals surface area (Å²) in [6, 6.07) is 0. The first-order chi connectivity index (χ1) is 38.8. The van der Waals surface area contributed by atoms with E-state index in [1.165, 1.54) is 12.5 Å². The van der Waals surface area contributed by atoms with Gasteiger partial charge < -0.3 is 104 Å². The highest BCUT2D eigenvalue weighted by molar-refractivity contribution is 7.80. The first-order valence-corrected chi connectivity index (χ1v) is 30.1. The fraction of sp³-hybridized carbons (Fsp3) is 0.891. The Labute approximate surface area is 481 Å². The third-order valence-corrected chi connectivity index (χ3v) is 20.9. The molecule has 0 radical (unpaired) electrons.